The van der Waals surface area contributed by atoms with Crippen LogP contribution in [0.15, 0.2) is 23.3 Å². The molecule has 0 spiro atoms. The normalized spacial score (nSPS) is 45.1. The maximum absolute atomic E-state index is 12.6. The molecule has 1 aliphatic carbocycles. The van der Waals surface area contributed by atoms with Crippen LogP contribution in [0.3, 0.4) is 0 Å². The first kappa shape index (κ1) is 17.7. The van der Waals surface area contributed by atoms with Crippen LogP contribution in [0.2, 0.25) is 0 Å². The van der Waals surface area contributed by atoms with Crippen molar-refractivity contribution < 1.29 is 19.7 Å². The lowest BCUT2D eigenvalue weighted by atomic mass is 9.70. The van der Waals surface area contributed by atoms with Crippen molar-refractivity contribution >= 4 is 5.97 Å². The van der Waals surface area contributed by atoms with E-state index in [-0.39, 0.29) is 5.97 Å². The number of hydrogen-bond acceptors (Lipinski definition) is 4. The zero-order valence-electron chi connectivity index (χ0n) is 15.3. The monoisotopic (exact) mass is 334 g/mol. The summed E-state index contributed by atoms with van der Waals surface area (Å²) in [6.07, 6.45) is 7.71. The van der Waals surface area contributed by atoms with E-state index in [4.69, 9.17) is 4.74 Å². The van der Waals surface area contributed by atoms with E-state index in [0.717, 1.165) is 12.0 Å². The Morgan fingerprint density at radius 2 is 1.88 bits per heavy atom. The topological polar surface area (TPSA) is 66.8 Å². The molecule has 0 radical (unpaired) electrons. The lowest BCUT2D eigenvalue weighted by Crippen LogP contribution is -2.59. The second-order valence-electron chi connectivity index (χ2n) is 8.54. The number of hydrogen-bond donors (Lipinski definition) is 2. The highest BCUT2D eigenvalue weighted by Crippen LogP contribution is 2.53. The van der Waals surface area contributed by atoms with Gasteiger partial charge in [-0.1, -0.05) is 31.6 Å². The van der Waals surface area contributed by atoms with Crippen LogP contribution in [0.4, 0.5) is 0 Å². The summed E-state index contributed by atoms with van der Waals surface area (Å²) in [5.74, 6) is -0.423. The van der Waals surface area contributed by atoms with Gasteiger partial charge in [-0.05, 0) is 58.3 Å². The van der Waals surface area contributed by atoms with Crippen LogP contribution in [0.1, 0.15) is 66.2 Å². The summed E-state index contributed by atoms with van der Waals surface area (Å²) in [5, 5.41) is 22.6. The van der Waals surface area contributed by atoms with E-state index in [1.807, 2.05) is 13.0 Å². The minimum Gasteiger partial charge on any atom is -0.453 e. The molecule has 2 aliphatic heterocycles. The van der Waals surface area contributed by atoms with Crippen molar-refractivity contribution in [2.24, 2.45) is 11.8 Å². The van der Waals surface area contributed by atoms with Crippen LogP contribution in [0.25, 0.3) is 0 Å². The second-order valence-corrected chi connectivity index (χ2v) is 8.54. The minimum atomic E-state index is -1.24. The molecule has 0 saturated heterocycles. The van der Waals surface area contributed by atoms with Gasteiger partial charge < -0.3 is 14.9 Å². The molecule has 0 unspecified atom stereocenters. The molecule has 1 fully saturated rings. The van der Waals surface area contributed by atoms with Crippen LogP contribution >= 0.6 is 0 Å². The number of carbonyl (C=O) groups excluding carboxylic acids is 1. The zero-order chi connectivity index (χ0) is 17.8. The van der Waals surface area contributed by atoms with Gasteiger partial charge in [0.2, 0.25) is 0 Å². The third-order valence-electron chi connectivity index (χ3n) is 6.51. The minimum absolute atomic E-state index is 0.307. The zero-order valence-corrected chi connectivity index (χ0v) is 15.3. The number of esters is 1. The molecular weight excluding hydrogens is 304 g/mol. The van der Waals surface area contributed by atoms with E-state index < -0.39 is 22.7 Å². The van der Waals surface area contributed by atoms with Crippen molar-refractivity contribution in [1.82, 2.24) is 0 Å². The summed E-state index contributed by atoms with van der Waals surface area (Å²) in [7, 11) is 0. The number of fused-ring (bicyclic) bond motifs is 5. The molecule has 3 aliphatic rings. The Morgan fingerprint density at radius 3 is 2.54 bits per heavy atom. The fraction of sp³-hybridized carbons (Fsp3) is 0.750. The average molecular weight is 334 g/mol. The summed E-state index contributed by atoms with van der Waals surface area (Å²) >= 11 is 0. The smallest absolute Gasteiger partial charge is 0.334 e. The van der Waals surface area contributed by atoms with Gasteiger partial charge in [-0.3, -0.25) is 0 Å². The van der Waals surface area contributed by atoms with Crippen LogP contribution in [0.5, 0.6) is 0 Å². The molecule has 2 heterocycles. The molecule has 0 aromatic heterocycles. The van der Waals surface area contributed by atoms with Gasteiger partial charge in [-0.2, -0.15) is 0 Å². The van der Waals surface area contributed by atoms with E-state index >= 15 is 0 Å². The predicted octanol–water partition coefficient (Wildman–Crippen LogP) is 3.28. The van der Waals surface area contributed by atoms with Gasteiger partial charge in [-0.25, -0.2) is 4.79 Å². The first-order chi connectivity index (χ1) is 11.1. The van der Waals surface area contributed by atoms with Crippen LogP contribution in [-0.2, 0) is 9.53 Å². The van der Waals surface area contributed by atoms with Crippen molar-refractivity contribution in [2.45, 2.75) is 83.0 Å². The highest BCUT2D eigenvalue weighted by atomic mass is 16.6. The van der Waals surface area contributed by atoms with Crippen molar-refractivity contribution in [3.05, 3.63) is 23.3 Å². The maximum atomic E-state index is 12.6. The van der Waals surface area contributed by atoms with E-state index in [1.54, 1.807) is 6.92 Å². The molecule has 2 N–H and O–H groups in total. The molecule has 0 aromatic rings. The lowest BCUT2D eigenvalue weighted by molar-refractivity contribution is -0.202. The van der Waals surface area contributed by atoms with Crippen molar-refractivity contribution in [2.75, 3.05) is 0 Å². The third kappa shape index (κ3) is 2.64. The summed E-state index contributed by atoms with van der Waals surface area (Å²) in [5.41, 5.74) is -1.30. The van der Waals surface area contributed by atoms with Gasteiger partial charge >= 0.3 is 5.97 Å². The largest absolute Gasteiger partial charge is 0.453 e. The SMILES string of the molecule is CC(C)/C1=C/[C@H]2[C@@](C)(O)CC[C@]2(O)[C@@]2(C)CCC=C(CC1)C(=O)O2. The summed E-state index contributed by atoms with van der Waals surface area (Å²) in [6, 6.07) is 0. The standard InChI is InChI=1S/C20H30O4/c1-13(2)15-8-7-14-6-5-9-19(4,24-17(14)21)20(23)11-10-18(3,22)16(20)12-15/h6,12-13,16,22-23H,5,7-11H2,1-4H3/b15-12+/t16-,18-,19+,20+/m0/s1. The number of carbonyl (C=O) groups is 1. The van der Waals surface area contributed by atoms with Gasteiger partial charge in [0.1, 0.15) is 11.2 Å². The Morgan fingerprint density at radius 1 is 1.17 bits per heavy atom. The third-order valence-corrected chi connectivity index (χ3v) is 6.51. The van der Waals surface area contributed by atoms with E-state index in [0.29, 0.717) is 38.0 Å². The summed E-state index contributed by atoms with van der Waals surface area (Å²) in [6.45, 7) is 7.88. The fourth-order valence-corrected chi connectivity index (χ4v) is 4.67. The molecule has 4 nitrogen and oxygen atoms in total. The predicted molar refractivity (Wildman–Crippen MR) is 92.3 cm³/mol. The summed E-state index contributed by atoms with van der Waals surface area (Å²) in [4.78, 5) is 12.6. The molecule has 4 heteroatoms. The van der Waals surface area contributed by atoms with Gasteiger partial charge in [0.05, 0.1) is 5.60 Å². The molecule has 4 atom stereocenters. The molecule has 3 rings (SSSR count). The second kappa shape index (κ2) is 5.70. The highest BCUT2D eigenvalue weighted by Gasteiger charge is 2.63. The average Bonchev–Trinajstić information content (AvgIpc) is 2.62. The van der Waals surface area contributed by atoms with E-state index in [2.05, 4.69) is 19.9 Å². The Bertz CT molecular complexity index is 601. The fourth-order valence-electron chi connectivity index (χ4n) is 4.67. The molecule has 0 amide bonds. The first-order valence-corrected chi connectivity index (χ1v) is 9.17. The van der Waals surface area contributed by atoms with Gasteiger partial charge in [0.25, 0.3) is 0 Å². The van der Waals surface area contributed by atoms with Crippen molar-refractivity contribution in [3.63, 3.8) is 0 Å². The maximum Gasteiger partial charge on any atom is 0.334 e. The molecule has 134 valence electrons. The first-order valence-electron chi connectivity index (χ1n) is 9.17. The number of aliphatic hydroxyl groups is 2. The Balaban J connectivity index is 2.17. The van der Waals surface area contributed by atoms with Gasteiger partial charge in [0, 0.05) is 11.5 Å². The molecule has 2 bridgehead atoms. The molecular formula is C20H30O4. The van der Waals surface area contributed by atoms with Crippen molar-refractivity contribution in [1.29, 1.82) is 0 Å². The van der Waals surface area contributed by atoms with Gasteiger partial charge in [0.15, 0.2) is 0 Å². The van der Waals surface area contributed by atoms with Crippen LogP contribution < -0.4 is 0 Å². The van der Waals surface area contributed by atoms with Crippen LogP contribution in [0, 0.1) is 11.8 Å². The molecule has 1 saturated carbocycles. The van der Waals surface area contributed by atoms with Gasteiger partial charge in [-0.15, -0.1) is 0 Å². The highest BCUT2D eigenvalue weighted by molar-refractivity contribution is 5.89. The Kier molecular flexibility index (Phi) is 4.20. The Hall–Kier alpha value is -1.13. The Labute approximate surface area is 144 Å². The quantitative estimate of drug-likeness (QED) is 0.570. The van der Waals surface area contributed by atoms with E-state index in [9.17, 15) is 15.0 Å². The number of allylic oxidation sites excluding steroid dienone is 2. The number of rotatable bonds is 1. The van der Waals surface area contributed by atoms with E-state index in [1.165, 1.54) is 5.57 Å². The lowest BCUT2D eigenvalue weighted by Gasteiger charge is -2.46. The molecule has 24 heavy (non-hydrogen) atoms. The summed E-state index contributed by atoms with van der Waals surface area (Å²) < 4.78 is 5.85. The van der Waals surface area contributed by atoms with Crippen LogP contribution in [-0.4, -0.2) is 33.0 Å². The van der Waals surface area contributed by atoms with Crippen molar-refractivity contribution in [3.8, 4) is 0 Å². The molecule has 0 aromatic carbocycles. The number of ether oxygens (including phenoxy) is 1.